The molecule has 4 heteroatoms. The third-order valence-electron chi connectivity index (χ3n) is 1.77. The molecule has 0 saturated carbocycles. The van der Waals surface area contributed by atoms with Crippen molar-refractivity contribution in [2.24, 2.45) is 0 Å². The number of hydrogen-bond donors (Lipinski definition) is 1. The predicted molar refractivity (Wildman–Crippen MR) is 47.4 cm³/mol. The third kappa shape index (κ3) is 1.28. The highest BCUT2D eigenvalue weighted by Crippen LogP contribution is 2.12. The van der Waals surface area contributed by atoms with E-state index in [2.05, 4.69) is 10.3 Å². The van der Waals surface area contributed by atoms with Gasteiger partial charge in [0.25, 0.3) is 5.91 Å². The van der Waals surface area contributed by atoms with Crippen LogP contribution in [0.5, 0.6) is 0 Å². The van der Waals surface area contributed by atoms with Crippen LogP contribution in [0, 0.1) is 6.92 Å². The number of rotatable bonds is 0. The maximum Gasteiger partial charge on any atom is 0.253 e. The van der Waals surface area contributed by atoms with E-state index >= 15 is 0 Å². The molecule has 0 fully saturated rings. The molecule has 64 valence electrons. The molecule has 1 N–H and O–H groups in total. The highest BCUT2D eigenvalue weighted by atomic mass is 35.5. The summed E-state index contributed by atoms with van der Waals surface area (Å²) in [4.78, 5) is 15.2. The van der Waals surface area contributed by atoms with Crippen LogP contribution in [0.2, 0.25) is 0 Å². The van der Waals surface area contributed by atoms with Gasteiger partial charge in [-0.25, -0.2) is 0 Å². The molecular weight excluding hydrogens is 176 g/mol. The summed E-state index contributed by atoms with van der Waals surface area (Å²) in [5.41, 5.74) is 2.55. The molecule has 0 unspecified atom stereocenters. The first kappa shape index (κ1) is 9.00. The maximum atomic E-state index is 11.0. The minimum Gasteiger partial charge on any atom is -0.346 e. The molecular formula is C8H9ClN2O. The van der Waals surface area contributed by atoms with Gasteiger partial charge in [0.05, 0.1) is 17.8 Å². The van der Waals surface area contributed by atoms with Gasteiger partial charge in [-0.2, -0.15) is 0 Å². The summed E-state index contributed by atoms with van der Waals surface area (Å²) in [7, 11) is 0. The van der Waals surface area contributed by atoms with Crippen LogP contribution in [0.4, 0.5) is 0 Å². The van der Waals surface area contributed by atoms with E-state index in [1.54, 1.807) is 0 Å². The van der Waals surface area contributed by atoms with E-state index in [0.717, 1.165) is 17.0 Å². The Morgan fingerprint density at radius 3 is 3.00 bits per heavy atom. The zero-order chi connectivity index (χ0) is 7.84. The summed E-state index contributed by atoms with van der Waals surface area (Å²) in [6.07, 6.45) is 0. The van der Waals surface area contributed by atoms with Crippen molar-refractivity contribution in [3.05, 3.63) is 29.1 Å². The zero-order valence-electron chi connectivity index (χ0n) is 6.63. The summed E-state index contributed by atoms with van der Waals surface area (Å²) < 4.78 is 0. The largest absolute Gasteiger partial charge is 0.346 e. The summed E-state index contributed by atoms with van der Waals surface area (Å²) in [5, 5.41) is 2.71. The first-order valence-corrected chi connectivity index (χ1v) is 3.52. The molecule has 1 aliphatic rings. The fourth-order valence-electron chi connectivity index (χ4n) is 1.21. The molecule has 0 aliphatic carbocycles. The van der Waals surface area contributed by atoms with Gasteiger partial charge in [-0.3, -0.25) is 9.78 Å². The minimum atomic E-state index is -0.00694. The van der Waals surface area contributed by atoms with Gasteiger partial charge in [-0.05, 0) is 19.1 Å². The van der Waals surface area contributed by atoms with Gasteiger partial charge in [0.15, 0.2) is 0 Å². The topological polar surface area (TPSA) is 42.0 Å². The van der Waals surface area contributed by atoms with E-state index in [1.807, 2.05) is 19.1 Å². The lowest BCUT2D eigenvalue weighted by Gasteiger charge is -1.94. The summed E-state index contributed by atoms with van der Waals surface area (Å²) in [5.74, 6) is -0.00694. The van der Waals surface area contributed by atoms with Gasteiger partial charge in [0.1, 0.15) is 0 Å². The molecule has 0 atom stereocenters. The molecule has 1 aromatic rings. The number of hydrogen-bond acceptors (Lipinski definition) is 2. The van der Waals surface area contributed by atoms with Crippen LogP contribution < -0.4 is 5.32 Å². The molecule has 1 aliphatic heterocycles. The second-order valence-corrected chi connectivity index (χ2v) is 2.63. The molecule has 0 aromatic carbocycles. The SMILES string of the molecule is Cc1ccc2c(n1)CNC2=O.Cl. The molecule has 2 heterocycles. The number of amides is 1. The average Bonchev–Trinajstić information content (AvgIpc) is 2.32. The summed E-state index contributed by atoms with van der Waals surface area (Å²) >= 11 is 0. The van der Waals surface area contributed by atoms with Crippen LogP contribution in [0.15, 0.2) is 12.1 Å². The van der Waals surface area contributed by atoms with Crippen molar-refractivity contribution >= 4 is 18.3 Å². The first-order chi connectivity index (χ1) is 5.27. The second kappa shape index (κ2) is 3.11. The highest BCUT2D eigenvalue weighted by Gasteiger charge is 2.18. The van der Waals surface area contributed by atoms with E-state index in [-0.39, 0.29) is 18.3 Å². The van der Waals surface area contributed by atoms with Crippen LogP contribution in [-0.2, 0) is 6.54 Å². The number of nitrogens with one attached hydrogen (secondary N) is 1. The Labute approximate surface area is 76.6 Å². The Balaban J connectivity index is 0.000000720. The van der Waals surface area contributed by atoms with Crippen LogP contribution in [0.3, 0.4) is 0 Å². The molecule has 2 rings (SSSR count). The smallest absolute Gasteiger partial charge is 0.253 e. The maximum absolute atomic E-state index is 11.0. The molecule has 0 bridgehead atoms. The van der Waals surface area contributed by atoms with Crippen molar-refractivity contribution in [3.8, 4) is 0 Å². The van der Waals surface area contributed by atoms with Crippen molar-refractivity contribution in [2.75, 3.05) is 0 Å². The van der Waals surface area contributed by atoms with E-state index in [9.17, 15) is 4.79 Å². The Bertz CT molecular complexity index is 325. The van der Waals surface area contributed by atoms with Crippen molar-refractivity contribution in [3.63, 3.8) is 0 Å². The van der Waals surface area contributed by atoms with E-state index < -0.39 is 0 Å². The Morgan fingerprint density at radius 2 is 2.25 bits per heavy atom. The lowest BCUT2D eigenvalue weighted by Crippen LogP contribution is -2.12. The quantitative estimate of drug-likeness (QED) is 0.655. The van der Waals surface area contributed by atoms with Gasteiger partial charge in [0.2, 0.25) is 0 Å². The van der Waals surface area contributed by atoms with Gasteiger partial charge in [-0.15, -0.1) is 12.4 Å². The number of fused-ring (bicyclic) bond motifs is 1. The average molecular weight is 185 g/mol. The predicted octanol–water partition coefficient (Wildman–Crippen LogP) is 1.06. The fourth-order valence-corrected chi connectivity index (χ4v) is 1.21. The zero-order valence-corrected chi connectivity index (χ0v) is 7.44. The second-order valence-electron chi connectivity index (χ2n) is 2.63. The number of nitrogens with zero attached hydrogens (tertiary/aromatic N) is 1. The number of pyridine rings is 1. The first-order valence-electron chi connectivity index (χ1n) is 3.52. The Hall–Kier alpha value is -1.09. The molecule has 3 nitrogen and oxygen atoms in total. The molecule has 0 spiro atoms. The van der Waals surface area contributed by atoms with E-state index in [1.165, 1.54) is 0 Å². The summed E-state index contributed by atoms with van der Waals surface area (Å²) in [6.45, 7) is 2.50. The summed E-state index contributed by atoms with van der Waals surface area (Å²) in [6, 6.07) is 3.67. The molecule has 1 aromatic heterocycles. The third-order valence-corrected chi connectivity index (χ3v) is 1.77. The van der Waals surface area contributed by atoms with E-state index in [0.29, 0.717) is 6.54 Å². The van der Waals surface area contributed by atoms with Crippen molar-refractivity contribution in [1.82, 2.24) is 10.3 Å². The highest BCUT2D eigenvalue weighted by molar-refractivity contribution is 5.97. The number of aryl methyl sites for hydroxylation is 1. The normalized spacial score (nSPS) is 13.2. The molecule has 0 radical (unpaired) electrons. The van der Waals surface area contributed by atoms with Gasteiger partial charge >= 0.3 is 0 Å². The Morgan fingerprint density at radius 1 is 1.50 bits per heavy atom. The number of carbonyl (C=O) groups is 1. The number of carbonyl (C=O) groups excluding carboxylic acids is 1. The van der Waals surface area contributed by atoms with Crippen molar-refractivity contribution in [1.29, 1.82) is 0 Å². The van der Waals surface area contributed by atoms with Gasteiger partial charge in [-0.1, -0.05) is 0 Å². The van der Waals surface area contributed by atoms with Crippen LogP contribution >= 0.6 is 12.4 Å². The monoisotopic (exact) mass is 184 g/mol. The van der Waals surface area contributed by atoms with Crippen molar-refractivity contribution in [2.45, 2.75) is 13.5 Å². The van der Waals surface area contributed by atoms with E-state index in [4.69, 9.17) is 0 Å². The molecule has 12 heavy (non-hydrogen) atoms. The van der Waals surface area contributed by atoms with Gasteiger partial charge in [0, 0.05) is 5.69 Å². The number of aromatic nitrogens is 1. The van der Waals surface area contributed by atoms with Crippen LogP contribution in [0.1, 0.15) is 21.7 Å². The van der Waals surface area contributed by atoms with Crippen LogP contribution in [0.25, 0.3) is 0 Å². The van der Waals surface area contributed by atoms with Crippen LogP contribution in [-0.4, -0.2) is 10.9 Å². The minimum absolute atomic E-state index is 0. The Kier molecular flexibility index (Phi) is 2.33. The van der Waals surface area contributed by atoms with Crippen molar-refractivity contribution < 1.29 is 4.79 Å². The standard InChI is InChI=1S/C8H8N2O.ClH/c1-5-2-3-6-7(10-5)4-9-8(6)11;/h2-3H,4H2,1H3,(H,9,11);1H. The molecule has 0 saturated heterocycles. The van der Waals surface area contributed by atoms with Gasteiger partial charge < -0.3 is 5.32 Å². The fraction of sp³-hybridized carbons (Fsp3) is 0.250. The lowest BCUT2D eigenvalue weighted by atomic mass is 10.2. The number of halogens is 1. The molecule has 1 amide bonds. The lowest BCUT2D eigenvalue weighted by molar-refractivity contribution is 0.0966.